The van der Waals surface area contributed by atoms with Gasteiger partial charge in [0.25, 0.3) is 0 Å². The van der Waals surface area contributed by atoms with Gasteiger partial charge < -0.3 is 9.47 Å². The van der Waals surface area contributed by atoms with Crippen molar-refractivity contribution in [2.45, 2.75) is 111 Å². The number of carbonyl (C=O) groups excluding carboxylic acids is 2. The minimum absolute atomic E-state index is 0.0955. The van der Waals surface area contributed by atoms with Crippen LogP contribution in [0.2, 0.25) is 0 Å². The van der Waals surface area contributed by atoms with Crippen LogP contribution >= 0.6 is 0 Å². The number of rotatable bonds is 15. The first-order valence-electron chi connectivity index (χ1n) is 10.4. The predicted molar refractivity (Wildman–Crippen MR) is 102 cm³/mol. The second-order valence-electron chi connectivity index (χ2n) is 6.94. The normalized spacial score (nSPS) is 11.6. The van der Waals surface area contributed by atoms with Crippen LogP contribution in [0.25, 0.3) is 0 Å². The van der Waals surface area contributed by atoms with Gasteiger partial charge in [-0.25, -0.2) is 0 Å². The van der Waals surface area contributed by atoms with Crippen molar-refractivity contribution >= 4 is 11.9 Å². The van der Waals surface area contributed by atoms with Crippen LogP contribution in [0.3, 0.4) is 0 Å². The zero-order chi connectivity index (χ0) is 19.1. The van der Waals surface area contributed by atoms with Gasteiger partial charge in [-0.2, -0.15) is 0 Å². The Kier molecular flexibility index (Phi) is 13.5. The van der Waals surface area contributed by atoms with E-state index in [-0.39, 0.29) is 6.10 Å². The van der Waals surface area contributed by atoms with Crippen molar-refractivity contribution in [3.63, 3.8) is 0 Å². The summed E-state index contributed by atoms with van der Waals surface area (Å²) in [6, 6.07) is 0. The molecule has 0 atom stereocenters. The summed E-state index contributed by atoms with van der Waals surface area (Å²) in [6.07, 6.45) is 9.85. The van der Waals surface area contributed by atoms with Gasteiger partial charge in [-0.1, -0.05) is 73.1 Å². The lowest BCUT2D eigenvalue weighted by molar-refractivity contribution is -0.177. The topological polar surface area (TPSA) is 52.6 Å². The molecule has 0 heterocycles. The summed E-state index contributed by atoms with van der Waals surface area (Å²) in [5.41, 5.74) is -1.15. The van der Waals surface area contributed by atoms with Gasteiger partial charge in [0.15, 0.2) is 5.41 Å². The highest BCUT2D eigenvalue weighted by Crippen LogP contribution is 2.31. The van der Waals surface area contributed by atoms with Crippen molar-refractivity contribution in [2.24, 2.45) is 5.41 Å². The van der Waals surface area contributed by atoms with Gasteiger partial charge in [0.05, 0.1) is 6.61 Å². The van der Waals surface area contributed by atoms with Crippen molar-refractivity contribution in [2.75, 3.05) is 6.61 Å². The average molecular weight is 357 g/mol. The van der Waals surface area contributed by atoms with Crippen LogP contribution in [-0.2, 0) is 19.1 Å². The largest absolute Gasteiger partial charge is 0.465 e. The Morgan fingerprint density at radius 1 is 0.760 bits per heavy atom. The molecule has 0 N–H and O–H groups in total. The minimum atomic E-state index is -1.15. The number of hydrogen-bond donors (Lipinski definition) is 0. The van der Waals surface area contributed by atoms with Crippen LogP contribution in [0.5, 0.6) is 0 Å². The third kappa shape index (κ3) is 8.24. The molecule has 0 rings (SSSR count). The molecule has 4 nitrogen and oxygen atoms in total. The van der Waals surface area contributed by atoms with E-state index in [4.69, 9.17) is 9.47 Å². The molecule has 148 valence electrons. The van der Waals surface area contributed by atoms with E-state index in [1.165, 1.54) is 19.3 Å². The van der Waals surface area contributed by atoms with Crippen molar-refractivity contribution in [1.29, 1.82) is 0 Å². The molecule has 0 aliphatic heterocycles. The Bertz CT molecular complexity index is 355. The SMILES string of the molecule is CCCCCCCOC(=O)C(CC)(CC)C(=O)OC(CCC)CCC. The highest BCUT2D eigenvalue weighted by Gasteiger charge is 2.46. The molecular formula is C21H40O4. The van der Waals surface area contributed by atoms with Crippen molar-refractivity contribution in [3.05, 3.63) is 0 Å². The summed E-state index contributed by atoms with van der Waals surface area (Å²) in [5, 5.41) is 0. The van der Waals surface area contributed by atoms with Gasteiger partial charge in [0.1, 0.15) is 6.10 Å². The molecule has 0 bridgehead atoms. The summed E-state index contributed by atoms with van der Waals surface area (Å²) in [6.45, 7) is 10.5. The van der Waals surface area contributed by atoms with Gasteiger partial charge in [0, 0.05) is 0 Å². The minimum Gasteiger partial charge on any atom is -0.465 e. The Labute approximate surface area is 155 Å². The lowest BCUT2D eigenvalue weighted by atomic mass is 9.82. The molecule has 0 unspecified atom stereocenters. The third-order valence-corrected chi connectivity index (χ3v) is 4.96. The fourth-order valence-corrected chi connectivity index (χ4v) is 3.09. The van der Waals surface area contributed by atoms with E-state index in [1.54, 1.807) is 0 Å². The van der Waals surface area contributed by atoms with E-state index in [9.17, 15) is 9.59 Å². The number of carbonyl (C=O) groups is 2. The van der Waals surface area contributed by atoms with Gasteiger partial charge in [-0.05, 0) is 32.1 Å². The summed E-state index contributed by atoms with van der Waals surface area (Å²) >= 11 is 0. The fourth-order valence-electron chi connectivity index (χ4n) is 3.09. The first kappa shape index (κ1) is 23.9. The van der Waals surface area contributed by atoms with Crippen molar-refractivity contribution < 1.29 is 19.1 Å². The maximum absolute atomic E-state index is 12.8. The molecule has 0 spiro atoms. The van der Waals surface area contributed by atoms with Crippen molar-refractivity contribution in [1.82, 2.24) is 0 Å². The third-order valence-electron chi connectivity index (χ3n) is 4.96. The highest BCUT2D eigenvalue weighted by atomic mass is 16.6. The molecule has 0 radical (unpaired) electrons. The van der Waals surface area contributed by atoms with E-state index in [2.05, 4.69) is 20.8 Å². The lowest BCUT2D eigenvalue weighted by Crippen LogP contribution is -2.42. The van der Waals surface area contributed by atoms with Crippen LogP contribution in [-0.4, -0.2) is 24.6 Å². The molecule has 0 saturated heterocycles. The summed E-state index contributed by atoms with van der Waals surface area (Å²) in [7, 11) is 0. The van der Waals surface area contributed by atoms with Crippen LogP contribution in [0.15, 0.2) is 0 Å². The zero-order valence-corrected chi connectivity index (χ0v) is 17.2. The Morgan fingerprint density at radius 2 is 1.32 bits per heavy atom. The maximum Gasteiger partial charge on any atom is 0.323 e. The van der Waals surface area contributed by atoms with Crippen molar-refractivity contribution in [3.8, 4) is 0 Å². The summed E-state index contributed by atoms with van der Waals surface area (Å²) < 4.78 is 11.2. The number of unbranched alkanes of at least 4 members (excludes halogenated alkanes) is 4. The first-order chi connectivity index (χ1) is 12.0. The Morgan fingerprint density at radius 3 is 1.80 bits per heavy atom. The molecule has 0 aliphatic rings. The standard InChI is InChI=1S/C21H40O4/c1-6-11-12-13-14-17-24-19(22)21(9-4,10-5)20(23)25-18(15-7-2)16-8-3/h18H,6-17H2,1-5H3. The van der Waals surface area contributed by atoms with Crippen LogP contribution in [0.4, 0.5) is 0 Å². The molecule has 0 amide bonds. The monoisotopic (exact) mass is 356 g/mol. The van der Waals surface area contributed by atoms with Crippen LogP contribution in [0.1, 0.15) is 105 Å². The van der Waals surface area contributed by atoms with E-state index in [1.807, 2.05) is 13.8 Å². The Balaban J connectivity index is 4.72. The van der Waals surface area contributed by atoms with Crippen LogP contribution < -0.4 is 0 Å². The smallest absolute Gasteiger partial charge is 0.323 e. The van der Waals surface area contributed by atoms with Gasteiger partial charge in [-0.3, -0.25) is 9.59 Å². The quantitative estimate of drug-likeness (QED) is 0.211. The first-order valence-corrected chi connectivity index (χ1v) is 10.4. The number of esters is 2. The van der Waals surface area contributed by atoms with E-state index in [0.29, 0.717) is 19.4 Å². The molecule has 4 heteroatoms. The van der Waals surface area contributed by atoms with Gasteiger partial charge >= 0.3 is 11.9 Å². The molecule has 25 heavy (non-hydrogen) atoms. The second kappa shape index (κ2) is 14.1. The molecular weight excluding hydrogens is 316 g/mol. The summed E-state index contributed by atoms with van der Waals surface area (Å²) in [5.74, 6) is -0.815. The number of hydrogen-bond acceptors (Lipinski definition) is 4. The molecule has 0 saturated carbocycles. The zero-order valence-electron chi connectivity index (χ0n) is 17.2. The van der Waals surface area contributed by atoms with E-state index >= 15 is 0 Å². The molecule has 0 fully saturated rings. The van der Waals surface area contributed by atoms with Gasteiger partial charge in [0.2, 0.25) is 0 Å². The van der Waals surface area contributed by atoms with Crippen LogP contribution in [0, 0.1) is 5.41 Å². The van der Waals surface area contributed by atoms with E-state index < -0.39 is 17.4 Å². The average Bonchev–Trinajstić information content (AvgIpc) is 2.60. The Hall–Kier alpha value is -1.06. The fraction of sp³-hybridized carbons (Fsp3) is 0.905. The molecule has 0 aromatic heterocycles. The predicted octanol–water partition coefficient (Wildman–Crippen LogP) is 5.82. The lowest BCUT2D eigenvalue weighted by Gasteiger charge is -2.29. The maximum atomic E-state index is 12.8. The highest BCUT2D eigenvalue weighted by molar-refractivity contribution is 6.00. The molecule has 0 aromatic carbocycles. The molecule has 0 aromatic rings. The second-order valence-corrected chi connectivity index (χ2v) is 6.94. The van der Waals surface area contributed by atoms with Gasteiger partial charge in [-0.15, -0.1) is 0 Å². The van der Waals surface area contributed by atoms with E-state index in [0.717, 1.165) is 38.5 Å². The molecule has 0 aliphatic carbocycles. The number of ether oxygens (including phenoxy) is 2. The summed E-state index contributed by atoms with van der Waals surface area (Å²) in [4.78, 5) is 25.4.